The number of H-pyrrole nitrogens is 1. The summed E-state index contributed by atoms with van der Waals surface area (Å²) in [7, 11) is 0.712. The maximum absolute atomic E-state index is 13.3. The highest BCUT2D eigenvalue weighted by Crippen LogP contribution is 2.36. The van der Waals surface area contributed by atoms with Crippen molar-refractivity contribution >= 4 is 26.8 Å². The Kier molecular flexibility index (Phi) is 5.09. The highest BCUT2D eigenvalue weighted by Gasteiger charge is 2.41. The van der Waals surface area contributed by atoms with Gasteiger partial charge in [-0.05, 0) is 31.9 Å². The molecule has 0 aliphatic heterocycles. The standard InChI is InChI=1S/C20H24N6O5S/c1-20(5-6-20)23-32(30,31)13-7-14(17(27)24(2)3)16-15(8-13)18(28)26(19(29)22-16)11-12-9-21-25(4)10-12/h7-10,23H,5-6,11H2,1-4H3,(H,22,29). The van der Waals surface area contributed by atoms with Gasteiger partial charge in [-0.1, -0.05) is 0 Å². The number of aromatic amines is 1. The third-order valence-electron chi connectivity index (χ3n) is 5.49. The van der Waals surface area contributed by atoms with E-state index >= 15 is 0 Å². The van der Waals surface area contributed by atoms with Crippen LogP contribution in [0.5, 0.6) is 0 Å². The molecule has 1 aromatic carbocycles. The number of amides is 1. The Labute approximate surface area is 183 Å². The van der Waals surface area contributed by atoms with E-state index in [2.05, 4.69) is 14.8 Å². The van der Waals surface area contributed by atoms with Crippen molar-refractivity contribution < 1.29 is 13.2 Å². The molecule has 4 rings (SSSR count). The van der Waals surface area contributed by atoms with Crippen molar-refractivity contribution in [3.8, 4) is 0 Å². The van der Waals surface area contributed by atoms with Crippen molar-refractivity contribution in [2.75, 3.05) is 14.1 Å². The van der Waals surface area contributed by atoms with Gasteiger partial charge in [0.25, 0.3) is 11.5 Å². The first kappa shape index (κ1) is 22.0. The van der Waals surface area contributed by atoms with E-state index in [1.807, 2.05) is 0 Å². The van der Waals surface area contributed by atoms with Gasteiger partial charge in [-0.25, -0.2) is 17.9 Å². The predicted octanol–water partition coefficient (Wildman–Crippen LogP) is 0.00420. The van der Waals surface area contributed by atoms with Crippen LogP contribution in [0.25, 0.3) is 10.9 Å². The SMILES string of the molecule is CN(C)C(=O)c1cc(S(=O)(=O)NC2(C)CC2)cc2c(=O)n(Cc3cnn(C)c3)c(=O)[nH]c12. The van der Waals surface area contributed by atoms with Crippen LogP contribution in [-0.2, 0) is 23.6 Å². The summed E-state index contributed by atoms with van der Waals surface area (Å²) in [6.45, 7) is 1.73. The molecule has 0 spiro atoms. The summed E-state index contributed by atoms with van der Waals surface area (Å²) >= 11 is 0. The molecule has 2 N–H and O–H groups in total. The van der Waals surface area contributed by atoms with Crippen molar-refractivity contribution in [1.82, 2.24) is 29.0 Å². The maximum atomic E-state index is 13.3. The van der Waals surface area contributed by atoms with E-state index in [4.69, 9.17) is 0 Å². The van der Waals surface area contributed by atoms with E-state index in [9.17, 15) is 22.8 Å². The Balaban J connectivity index is 1.95. The number of nitrogens with one attached hydrogen (secondary N) is 2. The van der Waals surface area contributed by atoms with E-state index in [1.165, 1.54) is 42.0 Å². The fourth-order valence-corrected chi connectivity index (χ4v) is 4.97. The number of hydrogen-bond donors (Lipinski definition) is 2. The molecule has 1 aliphatic carbocycles. The summed E-state index contributed by atoms with van der Waals surface area (Å²) < 4.78 is 31.1. The highest BCUT2D eigenvalue weighted by molar-refractivity contribution is 7.89. The van der Waals surface area contributed by atoms with Crippen LogP contribution < -0.4 is 16.0 Å². The van der Waals surface area contributed by atoms with Gasteiger partial charge in [-0.3, -0.25) is 18.8 Å². The lowest BCUT2D eigenvalue weighted by Crippen LogP contribution is -2.37. The van der Waals surface area contributed by atoms with Crippen LogP contribution in [0.15, 0.2) is 39.0 Å². The van der Waals surface area contributed by atoms with Crippen LogP contribution >= 0.6 is 0 Å². The van der Waals surface area contributed by atoms with Crippen molar-refractivity contribution in [2.45, 2.75) is 36.7 Å². The first-order valence-corrected chi connectivity index (χ1v) is 11.4. The summed E-state index contributed by atoms with van der Waals surface area (Å²) in [6.07, 6.45) is 4.60. The maximum Gasteiger partial charge on any atom is 0.329 e. The molecule has 1 fully saturated rings. The molecule has 0 atom stereocenters. The smallest absolute Gasteiger partial charge is 0.329 e. The fourth-order valence-electron chi connectivity index (χ4n) is 3.45. The zero-order chi connectivity index (χ0) is 23.4. The van der Waals surface area contributed by atoms with E-state index in [0.29, 0.717) is 18.4 Å². The third kappa shape index (κ3) is 3.98. The topological polar surface area (TPSA) is 139 Å². The molecule has 32 heavy (non-hydrogen) atoms. The monoisotopic (exact) mass is 460 g/mol. The number of fused-ring (bicyclic) bond motifs is 1. The van der Waals surface area contributed by atoms with Crippen LogP contribution in [0, 0.1) is 0 Å². The lowest BCUT2D eigenvalue weighted by atomic mass is 10.1. The minimum Gasteiger partial charge on any atom is -0.345 e. The van der Waals surface area contributed by atoms with Crippen molar-refractivity contribution in [3.05, 3.63) is 56.5 Å². The van der Waals surface area contributed by atoms with Gasteiger partial charge in [-0.2, -0.15) is 5.10 Å². The second-order valence-electron chi connectivity index (χ2n) is 8.60. The Morgan fingerprint density at radius 3 is 2.53 bits per heavy atom. The minimum absolute atomic E-state index is 0.00211. The number of benzene rings is 1. The summed E-state index contributed by atoms with van der Waals surface area (Å²) in [5, 5.41) is 3.96. The highest BCUT2D eigenvalue weighted by atomic mass is 32.2. The van der Waals surface area contributed by atoms with Gasteiger partial charge in [0, 0.05) is 38.4 Å². The van der Waals surface area contributed by atoms with Gasteiger partial charge < -0.3 is 9.88 Å². The minimum atomic E-state index is -4.00. The van der Waals surface area contributed by atoms with Crippen molar-refractivity contribution in [1.29, 1.82) is 0 Å². The largest absolute Gasteiger partial charge is 0.345 e. The van der Waals surface area contributed by atoms with Gasteiger partial charge in [0.1, 0.15) is 0 Å². The quantitative estimate of drug-likeness (QED) is 0.531. The Morgan fingerprint density at radius 2 is 1.97 bits per heavy atom. The molecule has 3 aromatic rings. The zero-order valence-electron chi connectivity index (χ0n) is 18.2. The molecule has 1 aliphatic rings. The fraction of sp³-hybridized carbons (Fsp3) is 0.400. The Bertz CT molecular complexity index is 1460. The molecule has 2 heterocycles. The van der Waals surface area contributed by atoms with Crippen LogP contribution in [0.3, 0.4) is 0 Å². The average molecular weight is 461 g/mol. The summed E-state index contributed by atoms with van der Waals surface area (Å²) in [5.74, 6) is -0.537. The Morgan fingerprint density at radius 1 is 1.28 bits per heavy atom. The summed E-state index contributed by atoms with van der Waals surface area (Å²) in [5.41, 5.74) is -1.40. The van der Waals surface area contributed by atoms with E-state index in [1.54, 1.807) is 20.2 Å². The van der Waals surface area contributed by atoms with Crippen LogP contribution in [0.4, 0.5) is 0 Å². The lowest BCUT2D eigenvalue weighted by molar-refractivity contribution is 0.0829. The number of aryl methyl sites for hydroxylation is 1. The molecule has 1 amide bonds. The first-order valence-electron chi connectivity index (χ1n) is 9.94. The average Bonchev–Trinajstić information content (AvgIpc) is 3.27. The number of sulfonamides is 1. The van der Waals surface area contributed by atoms with Gasteiger partial charge in [0.05, 0.1) is 34.1 Å². The van der Waals surface area contributed by atoms with Gasteiger partial charge in [-0.15, -0.1) is 0 Å². The van der Waals surface area contributed by atoms with Gasteiger partial charge in [0.2, 0.25) is 10.0 Å². The zero-order valence-corrected chi connectivity index (χ0v) is 19.0. The van der Waals surface area contributed by atoms with Crippen molar-refractivity contribution in [2.24, 2.45) is 7.05 Å². The molecule has 11 nitrogen and oxygen atoms in total. The molecule has 12 heteroatoms. The molecule has 0 unspecified atom stereocenters. The van der Waals surface area contributed by atoms with Crippen LogP contribution in [0.2, 0.25) is 0 Å². The number of hydrogen-bond acceptors (Lipinski definition) is 6. The molecule has 0 radical (unpaired) electrons. The number of nitrogens with zero attached hydrogens (tertiary/aromatic N) is 4. The molecule has 1 saturated carbocycles. The number of carbonyl (C=O) groups excluding carboxylic acids is 1. The third-order valence-corrected chi connectivity index (χ3v) is 7.11. The van der Waals surface area contributed by atoms with E-state index in [0.717, 1.165) is 4.57 Å². The normalized spacial score (nSPS) is 15.1. The van der Waals surface area contributed by atoms with Crippen molar-refractivity contribution in [3.63, 3.8) is 0 Å². The molecule has 0 saturated heterocycles. The second-order valence-corrected chi connectivity index (χ2v) is 10.3. The number of rotatable bonds is 6. The van der Waals surface area contributed by atoms with E-state index in [-0.39, 0.29) is 27.9 Å². The molecular formula is C20H24N6O5S. The van der Waals surface area contributed by atoms with Gasteiger partial charge in [0.15, 0.2) is 0 Å². The predicted molar refractivity (Wildman–Crippen MR) is 117 cm³/mol. The number of carbonyl (C=O) groups is 1. The lowest BCUT2D eigenvalue weighted by Gasteiger charge is -2.16. The summed E-state index contributed by atoms with van der Waals surface area (Å²) in [6, 6.07) is 2.40. The van der Waals surface area contributed by atoms with Crippen LogP contribution in [-0.4, -0.2) is 58.2 Å². The Hall–Kier alpha value is -3.25. The summed E-state index contributed by atoms with van der Waals surface area (Å²) in [4.78, 5) is 42.4. The number of aromatic nitrogens is 4. The molecular weight excluding hydrogens is 436 g/mol. The molecule has 2 aromatic heterocycles. The van der Waals surface area contributed by atoms with Crippen LogP contribution in [0.1, 0.15) is 35.7 Å². The first-order chi connectivity index (χ1) is 14.9. The molecule has 170 valence electrons. The molecule has 0 bridgehead atoms. The second kappa shape index (κ2) is 7.41. The van der Waals surface area contributed by atoms with E-state index < -0.39 is 32.7 Å². The van der Waals surface area contributed by atoms with Gasteiger partial charge >= 0.3 is 5.69 Å².